The average Bonchev–Trinajstić information content (AvgIpc) is 3.14. The van der Waals surface area contributed by atoms with Crippen LogP contribution >= 0.6 is 0 Å². The van der Waals surface area contributed by atoms with Gasteiger partial charge in [0.15, 0.2) is 16.4 Å². The summed E-state index contributed by atoms with van der Waals surface area (Å²) >= 11 is 0. The number of sulfone groups is 1. The number of aryl methyl sites for hydroxylation is 3. The lowest BCUT2D eigenvalue weighted by Crippen LogP contribution is -2.43. The minimum atomic E-state index is -3.10. The van der Waals surface area contributed by atoms with Crippen molar-refractivity contribution in [3.63, 3.8) is 0 Å². The number of amides is 1. The number of carbonyl (C=O) groups is 1. The highest BCUT2D eigenvalue weighted by Gasteiger charge is 2.35. The topological polar surface area (TPSA) is 76.8 Å². The zero-order valence-electron chi connectivity index (χ0n) is 15.9. The smallest absolute Gasteiger partial charge is 0.261 e. The minimum absolute atomic E-state index is 0.0119. The highest BCUT2D eigenvalue weighted by Crippen LogP contribution is 2.22. The van der Waals surface area contributed by atoms with Crippen LogP contribution in [0.2, 0.25) is 0 Å². The van der Waals surface area contributed by atoms with Crippen molar-refractivity contribution in [3.05, 3.63) is 53.0 Å². The first-order valence-electron chi connectivity index (χ1n) is 8.98. The number of carbonyl (C=O) groups excluding carboxylic acids is 1. The normalized spacial score (nSPS) is 18.4. The summed E-state index contributed by atoms with van der Waals surface area (Å²) in [4.78, 5) is 14.4. The molecule has 2 heterocycles. The standard InChI is InChI=1S/C20H25NO5S/c1-14-8-15(2)10-19(9-14)25-12-20(22)21(11-18-5-4-16(3)26-18)17-6-7-27(23,24)13-17/h4-5,8-10,17H,6-7,11-13H2,1-3H3/t17-/m0/s1. The van der Waals surface area contributed by atoms with E-state index in [0.717, 1.165) is 16.9 Å². The van der Waals surface area contributed by atoms with Crippen LogP contribution < -0.4 is 4.74 Å². The van der Waals surface area contributed by atoms with Crippen LogP contribution in [0.25, 0.3) is 0 Å². The van der Waals surface area contributed by atoms with Crippen molar-refractivity contribution in [2.24, 2.45) is 0 Å². The molecule has 1 aromatic carbocycles. The molecule has 0 spiro atoms. The third-order valence-corrected chi connectivity index (χ3v) is 6.40. The first-order valence-corrected chi connectivity index (χ1v) is 10.8. The van der Waals surface area contributed by atoms with Gasteiger partial charge in [-0.1, -0.05) is 6.07 Å². The summed E-state index contributed by atoms with van der Waals surface area (Å²) in [5.74, 6) is 1.87. The van der Waals surface area contributed by atoms with Gasteiger partial charge in [0.05, 0.1) is 18.1 Å². The second kappa shape index (κ2) is 7.76. The molecular formula is C20H25NO5S. The second-order valence-electron chi connectivity index (χ2n) is 7.20. The van der Waals surface area contributed by atoms with Gasteiger partial charge in [-0.3, -0.25) is 4.79 Å². The van der Waals surface area contributed by atoms with E-state index >= 15 is 0 Å². The van der Waals surface area contributed by atoms with E-state index in [2.05, 4.69) is 0 Å². The molecule has 0 bridgehead atoms. The molecule has 146 valence electrons. The Balaban J connectivity index is 1.73. The number of furan rings is 1. The molecule has 7 heteroatoms. The summed E-state index contributed by atoms with van der Waals surface area (Å²) < 4.78 is 35.1. The molecule has 0 saturated carbocycles. The van der Waals surface area contributed by atoms with Gasteiger partial charge in [0.1, 0.15) is 17.3 Å². The van der Waals surface area contributed by atoms with E-state index < -0.39 is 9.84 Å². The van der Waals surface area contributed by atoms with Crippen LogP contribution in [0.15, 0.2) is 34.7 Å². The van der Waals surface area contributed by atoms with E-state index in [4.69, 9.17) is 9.15 Å². The Morgan fingerprint density at radius 1 is 1.19 bits per heavy atom. The number of rotatable bonds is 6. The third kappa shape index (κ3) is 5.13. The maximum atomic E-state index is 12.9. The molecule has 0 unspecified atom stereocenters. The predicted octanol–water partition coefficient (Wildman–Crippen LogP) is 2.80. The van der Waals surface area contributed by atoms with Crippen LogP contribution in [-0.2, 0) is 21.2 Å². The SMILES string of the molecule is Cc1cc(C)cc(OCC(=O)N(Cc2ccc(C)o2)[C@H]2CCS(=O)(=O)C2)c1. The Morgan fingerprint density at radius 2 is 1.89 bits per heavy atom. The predicted molar refractivity (Wildman–Crippen MR) is 102 cm³/mol. The lowest BCUT2D eigenvalue weighted by molar-refractivity contribution is -0.136. The first-order chi connectivity index (χ1) is 12.7. The Kier molecular flexibility index (Phi) is 5.60. The molecule has 0 radical (unpaired) electrons. The van der Waals surface area contributed by atoms with Crippen LogP contribution in [0.1, 0.15) is 29.1 Å². The van der Waals surface area contributed by atoms with Gasteiger partial charge in [-0.25, -0.2) is 8.42 Å². The third-order valence-electron chi connectivity index (χ3n) is 4.65. The van der Waals surface area contributed by atoms with Gasteiger partial charge in [0, 0.05) is 6.04 Å². The van der Waals surface area contributed by atoms with E-state index in [1.54, 1.807) is 4.90 Å². The summed E-state index contributed by atoms with van der Waals surface area (Å²) in [5, 5.41) is 0. The Labute approximate surface area is 160 Å². The van der Waals surface area contributed by atoms with Crippen molar-refractivity contribution < 1.29 is 22.4 Å². The van der Waals surface area contributed by atoms with Crippen molar-refractivity contribution in [2.45, 2.75) is 39.8 Å². The van der Waals surface area contributed by atoms with Gasteiger partial charge in [-0.05, 0) is 62.6 Å². The number of benzene rings is 1. The fourth-order valence-electron chi connectivity index (χ4n) is 3.42. The monoisotopic (exact) mass is 391 g/mol. The Bertz CT molecular complexity index is 911. The lowest BCUT2D eigenvalue weighted by atomic mass is 10.1. The quantitative estimate of drug-likeness (QED) is 0.757. The number of hydrogen-bond acceptors (Lipinski definition) is 5. The van der Waals surface area contributed by atoms with Gasteiger partial charge < -0.3 is 14.1 Å². The molecule has 6 nitrogen and oxygen atoms in total. The maximum absolute atomic E-state index is 12.9. The van der Waals surface area contributed by atoms with Gasteiger partial charge in [0.25, 0.3) is 5.91 Å². The van der Waals surface area contributed by atoms with Crippen molar-refractivity contribution in [1.82, 2.24) is 4.90 Å². The van der Waals surface area contributed by atoms with Gasteiger partial charge in [0.2, 0.25) is 0 Å². The van der Waals surface area contributed by atoms with Crippen LogP contribution in [0.4, 0.5) is 0 Å². The molecule has 2 aromatic rings. The van der Waals surface area contributed by atoms with E-state index in [1.807, 2.05) is 51.1 Å². The molecule has 1 saturated heterocycles. The van der Waals surface area contributed by atoms with Crippen molar-refractivity contribution in [2.75, 3.05) is 18.1 Å². The van der Waals surface area contributed by atoms with Gasteiger partial charge in [-0.15, -0.1) is 0 Å². The van der Waals surface area contributed by atoms with Gasteiger partial charge >= 0.3 is 0 Å². The Hall–Kier alpha value is -2.28. The van der Waals surface area contributed by atoms with Crippen LogP contribution in [-0.4, -0.2) is 43.4 Å². The number of ether oxygens (including phenoxy) is 1. The molecule has 1 fully saturated rings. The average molecular weight is 391 g/mol. The van der Waals surface area contributed by atoms with Crippen molar-refractivity contribution in [1.29, 1.82) is 0 Å². The summed E-state index contributed by atoms with van der Waals surface area (Å²) in [7, 11) is -3.10. The fraction of sp³-hybridized carbons (Fsp3) is 0.450. The molecule has 1 aliphatic rings. The molecule has 1 amide bonds. The molecule has 1 aromatic heterocycles. The van der Waals surface area contributed by atoms with E-state index in [9.17, 15) is 13.2 Å². The van der Waals surface area contributed by atoms with E-state index in [-0.39, 0.29) is 36.6 Å². The first kappa shape index (κ1) is 19.5. The molecule has 1 atom stereocenters. The molecule has 3 rings (SSSR count). The summed E-state index contributed by atoms with van der Waals surface area (Å²) in [6, 6.07) is 9.07. The number of nitrogens with zero attached hydrogens (tertiary/aromatic N) is 1. The van der Waals surface area contributed by atoms with Crippen molar-refractivity contribution in [3.8, 4) is 5.75 Å². The van der Waals surface area contributed by atoms with Crippen LogP contribution in [0.5, 0.6) is 5.75 Å². The number of hydrogen-bond donors (Lipinski definition) is 0. The van der Waals surface area contributed by atoms with E-state index in [1.165, 1.54) is 0 Å². The summed E-state index contributed by atoms with van der Waals surface area (Å²) in [6.07, 6.45) is 0.442. The Morgan fingerprint density at radius 3 is 2.44 bits per heavy atom. The van der Waals surface area contributed by atoms with Crippen LogP contribution in [0, 0.1) is 20.8 Å². The lowest BCUT2D eigenvalue weighted by Gasteiger charge is -2.27. The fourth-order valence-corrected chi connectivity index (χ4v) is 5.16. The van der Waals surface area contributed by atoms with E-state index in [0.29, 0.717) is 17.9 Å². The van der Waals surface area contributed by atoms with Crippen LogP contribution in [0.3, 0.4) is 0 Å². The summed E-state index contributed by atoms with van der Waals surface area (Å²) in [5.41, 5.74) is 2.12. The molecule has 27 heavy (non-hydrogen) atoms. The highest BCUT2D eigenvalue weighted by molar-refractivity contribution is 7.91. The highest BCUT2D eigenvalue weighted by atomic mass is 32.2. The molecule has 0 N–H and O–H groups in total. The molecule has 0 aliphatic carbocycles. The zero-order valence-corrected chi connectivity index (χ0v) is 16.7. The second-order valence-corrected chi connectivity index (χ2v) is 9.43. The maximum Gasteiger partial charge on any atom is 0.261 e. The zero-order chi connectivity index (χ0) is 19.6. The largest absolute Gasteiger partial charge is 0.484 e. The minimum Gasteiger partial charge on any atom is -0.484 e. The molecule has 1 aliphatic heterocycles. The van der Waals surface area contributed by atoms with Gasteiger partial charge in [-0.2, -0.15) is 0 Å². The van der Waals surface area contributed by atoms with Crippen molar-refractivity contribution >= 4 is 15.7 Å². The summed E-state index contributed by atoms with van der Waals surface area (Å²) in [6.45, 7) is 5.87. The molecular weight excluding hydrogens is 366 g/mol.